The van der Waals surface area contributed by atoms with Crippen LogP contribution in [0.25, 0.3) is 11.4 Å². The molecule has 24 heavy (non-hydrogen) atoms. The van der Waals surface area contributed by atoms with Crippen LogP contribution in [0.3, 0.4) is 0 Å². The van der Waals surface area contributed by atoms with E-state index in [0.29, 0.717) is 17.3 Å². The number of rotatable bonds is 5. The number of carbonyl (C=O) groups excluding carboxylic acids is 1. The minimum Gasteiger partial charge on any atom is -0.481 e. The maximum absolute atomic E-state index is 12.3. The summed E-state index contributed by atoms with van der Waals surface area (Å²) in [5, 5.41) is 10.7. The summed E-state index contributed by atoms with van der Waals surface area (Å²) < 4.78 is 7.39. The number of ether oxygens (including phenoxy) is 1. The number of aromatic nitrogens is 4. The van der Waals surface area contributed by atoms with Crippen molar-refractivity contribution in [3.63, 3.8) is 0 Å². The first kappa shape index (κ1) is 15.7. The highest BCUT2D eigenvalue weighted by atomic mass is 16.5. The van der Waals surface area contributed by atoms with Gasteiger partial charge in [-0.2, -0.15) is 0 Å². The molecule has 3 rings (SSSR count). The summed E-state index contributed by atoms with van der Waals surface area (Å²) in [5.41, 5.74) is 1.34. The van der Waals surface area contributed by atoms with E-state index >= 15 is 0 Å². The number of nitrogens with one attached hydrogen (secondary N) is 1. The molecule has 0 saturated carbocycles. The largest absolute Gasteiger partial charge is 0.481 e. The molecule has 1 aromatic carbocycles. The van der Waals surface area contributed by atoms with Crippen molar-refractivity contribution in [3.8, 4) is 17.1 Å². The molecular formula is C17H17N5O2. The smallest absolute Gasteiger partial charge is 0.265 e. The molecule has 7 nitrogen and oxygen atoms in total. The molecule has 0 saturated heterocycles. The maximum Gasteiger partial charge on any atom is 0.265 e. The van der Waals surface area contributed by atoms with Crippen LogP contribution in [0, 0.1) is 0 Å². The standard InChI is InChI=1S/C17H17N5O2/c1-12(24-15-6-4-3-5-7-15)17(23)20-14-8-13(9-18-10-14)16-21-19-11-22(16)2/h3-12H,1-2H3,(H,20,23)/t12-/m1/s1. The van der Waals surface area contributed by atoms with Crippen molar-refractivity contribution in [1.82, 2.24) is 19.7 Å². The Balaban J connectivity index is 1.69. The second-order valence-electron chi connectivity index (χ2n) is 5.29. The van der Waals surface area contributed by atoms with E-state index in [1.165, 1.54) is 0 Å². The van der Waals surface area contributed by atoms with Crippen LogP contribution in [0.2, 0.25) is 0 Å². The third kappa shape index (κ3) is 3.57. The molecule has 0 fully saturated rings. The van der Waals surface area contributed by atoms with E-state index in [2.05, 4.69) is 20.5 Å². The van der Waals surface area contributed by atoms with E-state index < -0.39 is 6.10 Å². The molecule has 1 amide bonds. The Morgan fingerprint density at radius 1 is 1.25 bits per heavy atom. The molecule has 1 atom stereocenters. The number of para-hydroxylation sites is 1. The Morgan fingerprint density at radius 2 is 2.04 bits per heavy atom. The average molecular weight is 323 g/mol. The van der Waals surface area contributed by atoms with Gasteiger partial charge in [-0.15, -0.1) is 10.2 Å². The molecule has 3 aromatic rings. The molecule has 2 heterocycles. The van der Waals surface area contributed by atoms with Gasteiger partial charge in [0.05, 0.1) is 11.9 Å². The number of carbonyl (C=O) groups is 1. The van der Waals surface area contributed by atoms with Crippen LogP contribution in [0.1, 0.15) is 6.92 Å². The number of anilines is 1. The molecule has 7 heteroatoms. The van der Waals surface area contributed by atoms with Gasteiger partial charge in [-0.05, 0) is 25.1 Å². The molecule has 1 N–H and O–H groups in total. The number of hydrogen-bond donors (Lipinski definition) is 1. The van der Waals surface area contributed by atoms with Crippen molar-refractivity contribution in [3.05, 3.63) is 55.1 Å². The fourth-order valence-corrected chi connectivity index (χ4v) is 2.18. The molecule has 0 bridgehead atoms. The fourth-order valence-electron chi connectivity index (χ4n) is 2.18. The van der Waals surface area contributed by atoms with E-state index in [9.17, 15) is 4.79 Å². The SMILES string of the molecule is C[C@@H](Oc1ccccc1)C(=O)Nc1cncc(-c2nncn2C)c1. The van der Waals surface area contributed by atoms with Crippen LogP contribution in [0.5, 0.6) is 5.75 Å². The number of aryl methyl sites for hydroxylation is 1. The maximum atomic E-state index is 12.3. The van der Waals surface area contributed by atoms with Crippen molar-refractivity contribution in [1.29, 1.82) is 0 Å². The minimum absolute atomic E-state index is 0.254. The normalized spacial score (nSPS) is 11.8. The van der Waals surface area contributed by atoms with E-state index in [-0.39, 0.29) is 5.91 Å². The van der Waals surface area contributed by atoms with Crippen LogP contribution in [0.15, 0.2) is 55.1 Å². The lowest BCUT2D eigenvalue weighted by Crippen LogP contribution is -2.30. The number of amides is 1. The van der Waals surface area contributed by atoms with Gasteiger partial charge in [0, 0.05) is 18.8 Å². The number of nitrogens with zero attached hydrogens (tertiary/aromatic N) is 4. The highest BCUT2D eigenvalue weighted by Gasteiger charge is 2.15. The van der Waals surface area contributed by atoms with Crippen molar-refractivity contribution in [2.45, 2.75) is 13.0 Å². The van der Waals surface area contributed by atoms with Gasteiger partial charge in [0.1, 0.15) is 12.1 Å². The van der Waals surface area contributed by atoms with Crippen LogP contribution in [0.4, 0.5) is 5.69 Å². The first-order valence-corrected chi connectivity index (χ1v) is 7.45. The highest BCUT2D eigenvalue weighted by Crippen LogP contribution is 2.19. The summed E-state index contributed by atoms with van der Waals surface area (Å²) in [4.78, 5) is 16.4. The van der Waals surface area contributed by atoms with E-state index in [4.69, 9.17) is 4.74 Å². The molecule has 2 aromatic heterocycles. The Morgan fingerprint density at radius 3 is 2.75 bits per heavy atom. The first-order chi connectivity index (χ1) is 11.6. The van der Waals surface area contributed by atoms with Gasteiger partial charge in [0.2, 0.25) is 0 Å². The highest BCUT2D eigenvalue weighted by molar-refractivity contribution is 5.94. The summed E-state index contributed by atoms with van der Waals surface area (Å²) >= 11 is 0. The summed E-state index contributed by atoms with van der Waals surface area (Å²) in [5.74, 6) is 1.06. The Hall–Kier alpha value is -3.22. The zero-order valence-electron chi connectivity index (χ0n) is 13.4. The summed E-state index contributed by atoms with van der Waals surface area (Å²) in [6.45, 7) is 1.70. The number of benzene rings is 1. The van der Waals surface area contributed by atoms with Crippen molar-refractivity contribution in [2.24, 2.45) is 7.05 Å². The second-order valence-corrected chi connectivity index (χ2v) is 5.29. The number of hydrogen-bond acceptors (Lipinski definition) is 5. The van der Waals surface area contributed by atoms with Gasteiger partial charge in [-0.1, -0.05) is 18.2 Å². The summed E-state index contributed by atoms with van der Waals surface area (Å²) in [6.07, 6.45) is 4.22. The van der Waals surface area contributed by atoms with Crippen molar-refractivity contribution in [2.75, 3.05) is 5.32 Å². The molecule has 122 valence electrons. The average Bonchev–Trinajstić information content (AvgIpc) is 3.02. The van der Waals surface area contributed by atoms with Crippen molar-refractivity contribution < 1.29 is 9.53 Å². The quantitative estimate of drug-likeness (QED) is 0.779. The zero-order chi connectivity index (χ0) is 16.9. The van der Waals surface area contributed by atoms with Crippen LogP contribution in [-0.2, 0) is 11.8 Å². The molecule has 0 aliphatic heterocycles. The second kappa shape index (κ2) is 6.91. The van der Waals surface area contributed by atoms with Crippen LogP contribution >= 0.6 is 0 Å². The first-order valence-electron chi connectivity index (χ1n) is 7.45. The summed E-state index contributed by atoms with van der Waals surface area (Å²) in [6, 6.07) is 11.0. The Labute approximate surface area is 139 Å². The molecule has 0 spiro atoms. The van der Waals surface area contributed by atoms with Crippen LogP contribution in [-0.4, -0.2) is 31.8 Å². The molecule has 0 unspecified atom stereocenters. The van der Waals surface area contributed by atoms with Gasteiger partial charge >= 0.3 is 0 Å². The number of pyridine rings is 1. The van der Waals surface area contributed by atoms with Crippen molar-refractivity contribution >= 4 is 11.6 Å². The van der Waals surface area contributed by atoms with E-state index in [0.717, 1.165) is 5.56 Å². The van der Waals surface area contributed by atoms with Gasteiger partial charge in [0.25, 0.3) is 5.91 Å². The lowest BCUT2D eigenvalue weighted by atomic mass is 10.2. The molecular weight excluding hydrogens is 306 g/mol. The van der Waals surface area contributed by atoms with Gasteiger partial charge in [-0.25, -0.2) is 0 Å². The predicted molar refractivity (Wildman–Crippen MR) is 89.4 cm³/mol. The Kier molecular flexibility index (Phi) is 4.51. The fraction of sp³-hybridized carbons (Fsp3) is 0.176. The summed E-state index contributed by atoms with van der Waals surface area (Å²) in [7, 11) is 1.84. The van der Waals surface area contributed by atoms with Crippen LogP contribution < -0.4 is 10.1 Å². The lowest BCUT2D eigenvalue weighted by Gasteiger charge is -2.14. The minimum atomic E-state index is -0.633. The third-order valence-electron chi connectivity index (χ3n) is 3.40. The predicted octanol–water partition coefficient (Wildman–Crippen LogP) is 2.28. The lowest BCUT2D eigenvalue weighted by molar-refractivity contribution is -0.122. The molecule has 0 radical (unpaired) electrons. The topological polar surface area (TPSA) is 81.9 Å². The Bertz CT molecular complexity index is 832. The zero-order valence-corrected chi connectivity index (χ0v) is 13.4. The van der Waals surface area contributed by atoms with Gasteiger partial charge < -0.3 is 14.6 Å². The third-order valence-corrected chi connectivity index (χ3v) is 3.40. The van der Waals surface area contributed by atoms with Gasteiger partial charge in [-0.3, -0.25) is 9.78 Å². The van der Waals surface area contributed by atoms with Gasteiger partial charge in [0.15, 0.2) is 11.9 Å². The van der Waals surface area contributed by atoms with E-state index in [1.807, 2.05) is 25.2 Å². The molecule has 0 aliphatic carbocycles. The monoisotopic (exact) mass is 323 g/mol. The molecule has 0 aliphatic rings. The van der Waals surface area contributed by atoms with E-state index in [1.54, 1.807) is 48.4 Å².